The molecule has 0 amide bonds. The lowest BCUT2D eigenvalue weighted by molar-refractivity contribution is 0.161. The van der Waals surface area contributed by atoms with Crippen molar-refractivity contribution in [1.82, 2.24) is 5.32 Å². The molecule has 2 unspecified atom stereocenters. The lowest BCUT2D eigenvalue weighted by Crippen LogP contribution is -2.38. The molecule has 58 valence electrons. The minimum atomic E-state index is -0.554. The van der Waals surface area contributed by atoms with Crippen molar-refractivity contribution in [1.29, 1.82) is 0 Å². The molecular weight excluding hydrogens is 129 g/mol. The molecule has 0 aromatic heterocycles. The van der Waals surface area contributed by atoms with Crippen molar-refractivity contribution in [3.05, 3.63) is 0 Å². The van der Waals surface area contributed by atoms with E-state index in [4.69, 9.17) is 0 Å². The van der Waals surface area contributed by atoms with Crippen LogP contribution in [0.4, 0.5) is 4.39 Å². The van der Waals surface area contributed by atoms with Crippen molar-refractivity contribution in [3.63, 3.8) is 0 Å². The Bertz CT molecular complexity index is 122. The van der Waals surface area contributed by atoms with Gasteiger partial charge in [-0.05, 0) is 37.6 Å². The Hall–Kier alpha value is -0.110. The highest BCUT2D eigenvalue weighted by Gasteiger charge is 2.37. The van der Waals surface area contributed by atoms with E-state index < -0.39 is 6.17 Å². The fraction of sp³-hybridized carbons (Fsp3) is 1.00. The Labute approximate surface area is 61.0 Å². The average Bonchev–Trinajstić information content (AvgIpc) is 2.71. The normalized spacial score (nSPS) is 41.7. The molecule has 2 atom stereocenters. The molecule has 2 heteroatoms. The molecule has 1 heterocycles. The van der Waals surface area contributed by atoms with Crippen LogP contribution in [0.3, 0.4) is 0 Å². The third kappa shape index (κ3) is 1.17. The van der Waals surface area contributed by atoms with Gasteiger partial charge in [0.15, 0.2) is 0 Å². The minimum absolute atomic E-state index is 0.404. The molecule has 1 saturated heterocycles. The number of piperidine rings is 1. The Morgan fingerprint density at radius 3 is 2.60 bits per heavy atom. The van der Waals surface area contributed by atoms with Gasteiger partial charge in [-0.1, -0.05) is 0 Å². The highest BCUT2D eigenvalue weighted by molar-refractivity contribution is 4.89. The number of rotatable bonds is 1. The maximum Gasteiger partial charge on any atom is 0.116 e. The van der Waals surface area contributed by atoms with Crippen LogP contribution in [0.5, 0.6) is 0 Å². The fourth-order valence-electron chi connectivity index (χ4n) is 1.90. The van der Waals surface area contributed by atoms with Crippen molar-refractivity contribution in [2.75, 3.05) is 13.1 Å². The summed E-state index contributed by atoms with van der Waals surface area (Å²) in [6.45, 7) is 1.63. The molecule has 0 bridgehead atoms. The predicted molar refractivity (Wildman–Crippen MR) is 38.6 cm³/mol. The number of alkyl halides is 1. The maximum absolute atomic E-state index is 13.1. The SMILES string of the molecule is FC1CNCCC1C1CC1. The molecule has 2 aliphatic rings. The summed E-state index contributed by atoms with van der Waals surface area (Å²) in [6, 6.07) is 0. The summed E-state index contributed by atoms with van der Waals surface area (Å²) < 4.78 is 13.1. The van der Waals surface area contributed by atoms with E-state index in [1.807, 2.05) is 0 Å². The van der Waals surface area contributed by atoms with Crippen molar-refractivity contribution >= 4 is 0 Å². The van der Waals surface area contributed by atoms with E-state index in [1.165, 1.54) is 12.8 Å². The predicted octanol–water partition coefficient (Wildman–Crippen LogP) is 1.34. The first-order valence-corrected chi connectivity index (χ1v) is 4.22. The van der Waals surface area contributed by atoms with Gasteiger partial charge in [0.25, 0.3) is 0 Å². The van der Waals surface area contributed by atoms with E-state index in [2.05, 4.69) is 5.32 Å². The quantitative estimate of drug-likeness (QED) is 0.584. The van der Waals surface area contributed by atoms with E-state index in [-0.39, 0.29) is 0 Å². The van der Waals surface area contributed by atoms with Gasteiger partial charge >= 0.3 is 0 Å². The van der Waals surface area contributed by atoms with Crippen LogP contribution < -0.4 is 5.32 Å². The summed E-state index contributed by atoms with van der Waals surface area (Å²) in [5.74, 6) is 1.15. The second-order valence-corrected chi connectivity index (χ2v) is 3.51. The lowest BCUT2D eigenvalue weighted by Gasteiger charge is -2.26. The summed E-state index contributed by atoms with van der Waals surface area (Å²) in [4.78, 5) is 0. The van der Waals surface area contributed by atoms with Gasteiger partial charge in [0.05, 0.1) is 0 Å². The van der Waals surface area contributed by atoms with Crippen LogP contribution in [0.15, 0.2) is 0 Å². The zero-order chi connectivity index (χ0) is 6.97. The van der Waals surface area contributed by atoms with Crippen LogP contribution in [0.1, 0.15) is 19.3 Å². The Morgan fingerprint density at radius 1 is 1.20 bits per heavy atom. The third-order valence-corrected chi connectivity index (χ3v) is 2.69. The lowest BCUT2D eigenvalue weighted by atomic mass is 9.91. The van der Waals surface area contributed by atoms with Gasteiger partial charge in [0, 0.05) is 6.54 Å². The Morgan fingerprint density at radius 2 is 2.00 bits per heavy atom. The van der Waals surface area contributed by atoms with Crippen LogP contribution in [-0.4, -0.2) is 19.3 Å². The Balaban J connectivity index is 1.90. The van der Waals surface area contributed by atoms with Crippen molar-refractivity contribution < 1.29 is 4.39 Å². The average molecular weight is 143 g/mol. The number of halogens is 1. The monoisotopic (exact) mass is 143 g/mol. The molecule has 1 nitrogen and oxygen atoms in total. The molecule has 1 aliphatic carbocycles. The van der Waals surface area contributed by atoms with E-state index in [0.717, 1.165) is 18.9 Å². The number of nitrogens with one attached hydrogen (secondary N) is 1. The maximum atomic E-state index is 13.1. The van der Waals surface area contributed by atoms with Crippen molar-refractivity contribution in [3.8, 4) is 0 Å². The molecule has 1 saturated carbocycles. The fourth-order valence-corrected chi connectivity index (χ4v) is 1.90. The van der Waals surface area contributed by atoms with E-state index in [9.17, 15) is 4.39 Å². The zero-order valence-electron chi connectivity index (χ0n) is 6.15. The summed E-state index contributed by atoms with van der Waals surface area (Å²) in [7, 11) is 0. The molecular formula is C8H14FN. The second kappa shape index (κ2) is 2.50. The van der Waals surface area contributed by atoms with Crippen LogP contribution >= 0.6 is 0 Å². The van der Waals surface area contributed by atoms with E-state index in [0.29, 0.717) is 12.5 Å². The molecule has 1 aliphatic heterocycles. The first kappa shape index (κ1) is 6.59. The summed E-state index contributed by atoms with van der Waals surface area (Å²) in [5, 5.41) is 3.07. The van der Waals surface area contributed by atoms with Crippen LogP contribution in [0.25, 0.3) is 0 Å². The largest absolute Gasteiger partial charge is 0.314 e. The molecule has 0 radical (unpaired) electrons. The van der Waals surface area contributed by atoms with Crippen LogP contribution in [0, 0.1) is 11.8 Å². The van der Waals surface area contributed by atoms with Crippen LogP contribution in [0.2, 0.25) is 0 Å². The van der Waals surface area contributed by atoms with Crippen molar-refractivity contribution in [2.24, 2.45) is 11.8 Å². The number of hydrogen-bond acceptors (Lipinski definition) is 1. The summed E-state index contributed by atoms with van der Waals surface area (Å²) in [5.41, 5.74) is 0. The third-order valence-electron chi connectivity index (χ3n) is 2.69. The molecule has 0 aromatic carbocycles. The number of hydrogen-bond donors (Lipinski definition) is 1. The highest BCUT2D eigenvalue weighted by Crippen LogP contribution is 2.41. The first-order chi connectivity index (χ1) is 4.88. The molecule has 2 rings (SSSR count). The Kier molecular flexibility index (Phi) is 1.65. The minimum Gasteiger partial charge on any atom is -0.314 e. The van der Waals surface area contributed by atoms with Gasteiger partial charge in [-0.3, -0.25) is 0 Å². The van der Waals surface area contributed by atoms with Gasteiger partial charge in [-0.15, -0.1) is 0 Å². The molecule has 2 fully saturated rings. The van der Waals surface area contributed by atoms with Gasteiger partial charge in [0.1, 0.15) is 6.17 Å². The first-order valence-electron chi connectivity index (χ1n) is 4.22. The molecule has 1 N–H and O–H groups in total. The van der Waals surface area contributed by atoms with E-state index in [1.54, 1.807) is 0 Å². The summed E-state index contributed by atoms with van der Waals surface area (Å²) >= 11 is 0. The van der Waals surface area contributed by atoms with E-state index >= 15 is 0 Å². The molecule has 10 heavy (non-hydrogen) atoms. The topological polar surface area (TPSA) is 12.0 Å². The van der Waals surface area contributed by atoms with Crippen LogP contribution in [-0.2, 0) is 0 Å². The second-order valence-electron chi connectivity index (χ2n) is 3.51. The van der Waals surface area contributed by atoms with Crippen molar-refractivity contribution in [2.45, 2.75) is 25.4 Å². The standard InChI is InChI=1S/C8H14FN/c9-8-5-10-4-3-7(8)6-1-2-6/h6-8,10H,1-5H2. The van der Waals surface area contributed by atoms with Gasteiger partial charge < -0.3 is 5.32 Å². The highest BCUT2D eigenvalue weighted by atomic mass is 19.1. The zero-order valence-corrected chi connectivity index (χ0v) is 6.15. The van der Waals surface area contributed by atoms with Gasteiger partial charge in [-0.2, -0.15) is 0 Å². The molecule has 0 aromatic rings. The van der Waals surface area contributed by atoms with Gasteiger partial charge in [0.2, 0.25) is 0 Å². The summed E-state index contributed by atoms with van der Waals surface area (Å²) in [6.07, 6.45) is 3.07. The smallest absolute Gasteiger partial charge is 0.116 e. The molecule has 0 spiro atoms. The van der Waals surface area contributed by atoms with Gasteiger partial charge in [-0.25, -0.2) is 4.39 Å².